The Balaban J connectivity index is 0.942. The molecule has 0 amide bonds. The number of para-hydroxylation sites is 1. The number of furan rings is 1. The molecule has 0 fully saturated rings. The summed E-state index contributed by atoms with van der Waals surface area (Å²) in [5.74, 6) is 0.704. The van der Waals surface area contributed by atoms with Gasteiger partial charge in [0.15, 0.2) is 5.82 Å². The van der Waals surface area contributed by atoms with Gasteiger partial charge in [-0.25, -0.2) is 15.0 Å². The second-order valence-corrected chi connectivity index (χ2v) is 16.2. The molecule has 0 spiro atoms. The molecular formula is C55H33N3OS. The minimum atomic E-state index is 0.704. The van der Waals surface area contributed by atoms with Crippen LogP contribution in [-0.2, 0) is 0 Å². The first-order valence-electron chi connectivity index (χ1n) is 20.1. The Bertz CT molecular complexity index is 3520. The first-order valence-corrected chi connectivity index (χ1v) is 20.9. The van der Waals surface area contributed by atoms with E-state index >= 15 is 0 Å². The van der Waals surface area contributed by atoms with Crippen LogP contribution in [0.1, 0.15) is 0 Å². The first kappa shape index (κ1) is 34.3. The maximum absolute atomic E-state index is 6.19. The molecule has 280 valence electrons. The number of rotatable bonds is 6. The van der Waals surface area contributed by atoms with Crippen molar-refractivity contribution in [3.05, 3.63) is 200 Å². The van der Waals surface area contributed by atoms with Crippen LogP contribution < -0.4 is 0 Å². The van der Waals surface area contributed by atoms with E-state index in [4.69, 9.17) is 19.4 Å². The van der Waals surface area contributed by atoms with Gasteiger partial charge in [0, 0.05) is 53.9 Å². The summed E-state index contributed by atoms with van der Waals surface area (Å²) >= 11 is 1.81. The zero-order valence-corrected chi connectivity index (χ0v) is 33.0. The van der Waals surface area contributed by atoms with Crippen LogP contribution in [-0.4, -0.2) is 15.0 Å². The van der Waals surface area contributed by atoms with Gasteiger partial charge in [-0.2, -0.15) is 0 Å². The van der Waals surface area contributed by atoms with Crippen LogP contribution >= 0.6 is 11.3 Å². The molecule has 0 aliphatic rings. The van der Waals surface area contributed by atoms with E-state index in [-0.39, 0.29) is 0 Å². The smallest absolute Gasteiger partial charge is 0.160 e. The van der Waals surface area contributed by atoms with Gasteiger partial charge in [-0.05, 0) is 58.7 Å². The largest absolute Gasteiger partial charge is 0.456 e. The summed E-state index contributed by atoms with van der Waals surface area (Å²) in [5.41, 5.74) is 14.3. The number of pyridine rings is 1. The van der Waals surface area contributed by atoms with Gasteiger partial charge in [0.05, 0.1) is 27.3 Å². The van der Waals surface area contributed by atoms with Crippen molar-refractivity contribution >= 4 is 64.4 Å². The van der Waals surface area contributed by atoms with Gasteiger partial charge in [-0.3, -0.25) is 0 Å². The average molecular weight is 784 g/mol. The van der Waals surface area contributed by atoms with Crippen molar-refractivity contribution < 1.29 is 4.42 Å². The molecule has 12 rings (SSSR count). The van der Waals surface area contributed by atoms with Crippen LogP contribution in [0.2, 0.25) is 0 Å². The van der Waals surface area contributed by atoms with E-state index in [1.54, 1.807) is 0 Å². The van der Waals surface area contributed by atoms with Crippen molar-refractivity contribution in [3.63, 3.8) is 0 Å². The number of thiophene rings is 1. The standard InChI is InChI=1S/C55H33N3OS/c1-3-12-36(13-4-1)46-33-47(58-55(57-46)39-14-5-2-6-15-39)37-26-28-38(29-27-37)53-54-52(43-17-8-10-21-50(43)60-54)44-32-40(30-31-45(44)56-53)34-22-24-35(25-23-34)41-18-11-20-49-51(41)42-16-7-9-19-48(42)59-49/h1-33H. The highest BCUT2D eigenvalue weighted by Crippen LogP contribution is 2.44. The zero-order chi connectivity index (χ0) is 39.6. The normalized spacial score (nSPS) is 11.7. The Labute approximate surface area is 349 Å². The number of hydrogen-bond acceptors (Lipinski definition) is 5. The van der Waals surface area contributed by atoms with E-state index in [0.29, 0.717) is 5.82 Å². The first-order chi connectivity index (χ1) is 29.7. The van der Waals surface area contributed by atoms with Crippen LogP contribution in [0.25, 0.3) is 120 Å². The number of nitrogens with zero attached hydrogens (tertiary/aromatic N) is 3. The van der Waals surface area contributed by atoms with Crippen LogP contribution in [0.15, 0.2) is 205 Å². The molecule has 0 bridgehead atoms. The molecule has 4 nitrogen and oxygen atoms in total. The molecular weight excluding hydrogens is 751 g/mol. The van der Waals surface area contributed by atoms with Crippen LogP contribution in [0.4, 0.5) is 0 Å². The molecule has 0 unspecified atom stereocenters. The van der Waals surface area contributed by atoms with E-state index in [9.17, 15) is 0 Å². The Morgan fingerprint density at radius 2 is 0.967 bits per heavy atom. The molecule has 0 saturated heterocycles. The lowest BCUT2D eigenvalue weighted by molar-refractivity contribution is 0.669. The lowest BCUT2D eigenvalue weighted by atomic mass is 9.95. The van der Waals surface area contributed by atoms with Crippen LogP contribution in [0.3, 0.4) is 0 Å². The lowest BCUT2D eigenvalue weighted by Crippen LogP contribution is -1.96. The number of hydrogen-bond donors (Lipinski definition) is 0. The van der Waals surface area contributed by atoms with Crippen molar-refractivity contribution in [2.45, 2.75) is 0 Å². The molecule has 8 aromatic carbocycles. The Morgan fingerprint density at radius 1 is 0.367 bits per heavy atom. The predicted octanol–water partition coefficient (Wildman–Crippen LogP) is 15.3. The number of fused-ring (bicyclic) bond motifs is 8. The summed E-state index contributed by atoms with van der Waals surface area (Å²) in [4.78, 5) is 15.4. The zero-order valence-electron chi connectivity index (χ0n) is 32.2. The third-order valence-corrected chi connectivity index (χ3v) is 12.7. The molecule has 0 aliphatic carbocycles. The van der Waals surface area contributed by atoms with E-state index in [1.807, 2.05) is 59.9 Å². The van der Waals surface area contributed by atoms with Crippen molar-refractivity contribution in [2.75, 3.05) is 0 Å². The Morgan fingerprint density at radius 3 is 1.75 bits per heavy atom. The predicted molar refractivity (Wildman–Crippen MR) is 250 cm³/mol. The fourth-order valence-electron chi connectivity index (χ4n) is 8.58. The number of benzene rings is 8. The SMILES string of the molecule is c1ccc(-c2cc(-c3ccc(-c4nc5ccc(-c6ccc(-c7cccc8oc9ccccc9c78)cc6)cc5c5c4sc4ccccc45)cc3)nc(-c3ccccc3)n2)cc1. The second kappa shape index (κ2) is 14.0. The third kappa shape index (κ3) is 5.78. The highest BCUT2D eigenvalue weighted by atomic mass is 32.1. The molecule has 0 radical (unpaired) electrons. The lowest BCUT2D eigenvalue weighted by Gasteiger charge is -2.12. The minimum absolute atomic E-state index is 0.704. The Hall–Kier alpha value is -7.73. The molecule has 60 heavy (non-hydrogen) atoms. The third-order valence-electron chi connectivity index (χ3n) is 11.5. The van der Waals surface area contributed by atoms with Gasteiger partial charge in [-0.1, -0.05) is 164 Å². The fraction of sp³-hybridized carbons (Fsp3) is 0. The van der Waals surface area contributed by atoms with Crippen molar-refractivity contribution in [3.8, 4) is 67.4 Å². The molecule has 4 heterocycles. The van der Waals surface area contributed by atoms with Gasteiger partial charge in [0.2, 0.25) is 0 Å². The highest BCUT2D eigenvalue weighted by molar-refractivity contribution is 7.26. The molecule has 5 heteroatoms. The van der Waals surface area contributed by atoms with Crippen LogP contribution in [0.5, 0.6) is 0 Å². The summed E-state index contributed by atoms with van der Waals surface area (Å²) in [6.07, 6.45) is 0. The molecule has 0 atom stereocenters. The van der Waals surface area contributed by atoms with Gasteiger partial charge in [-0.15, -0.1) is 11.3 Å². The van der Waals surface area contributed by atoms with Crippen LogP contribution in [0, 0.1) is 0 Å². The van der Waals surface area contributed by atoms with Gasteiger partial charge in [0.25, 0.3) is 0 Å². The average Bonchev–Trinajstić information content (AvgIpc) is 3.91. The molecule has 4 aromatic heterocycles. The topological polar surface area (TPSA) is 51.8 Å². The van der Waals surface area contributed by atoms with Crippen molar-refractivity contribution in [1.29, 1.82) is 0 Å². The summed E-state index contributed by atoms with van der Waals surface area (Å²) in [5, 5.41) is 5.93. The monoisotopic (exact) mass is 783 g/mol. The summed E-state index contributed by atoms with van der Waals surface area (Å²) < 4.78 is 8.63. The van der Waals surface area contributed by atoms with E-state index in [2.05, 4.69) is 152 Å². The fourth-order valence-corrected chi connectivity index (χ4v) is 9.81. The van der Waals surface area contributed by atoms with E-state index < -0.39 is 0 Å². The molecule has 0 N–H and O–H groups in total. The van der Waals surface area contributed by atoms with Gasteiger partial charge in [0.1, 0.15) is 11.2 Å². The minimum Gasteiger partial charge on any atom is -0.456 e. The Kier molecular flexibility index (Phi) is 8.00. The maximum Gasteiger partial charge on any atom is 0.160 e. The summed E-state index contributed by atoms with van der Waals surface area (Å²) in [7, 11) is 0. The van der Waals surface area contributed by atoms with Gasteiger partial charge >= 0.3 is 0 Å². The molecule has 12 aromatic rings. The molecule has 0 saturated carbocycles. The molecule has 0 aliphatic heterocycles. The van der Waals surface area contributed by atoms with Crippen molar-refractivity contribution in [2.24, 2.45) is 0 Å². The quantitative estimate of drug-likeness (QED) is 0.169. The van der Waals surface area contributed by atoms with Crippen molar-refractivity contribution in [1.82, 2.24) is 15.0 Å². The van der Waals surface area contributed by atoms with E-state index in [1.165, 1.54) is 25.7 Å². The second-order valence-electron chi connectivity index (χ2n) is 15.1. The summed E-state index contributed by atoms with van der Waals surface area (Å²) in [6.45, 7) is 0. The number of aromatic nitrogens is 3. The van der Waals surface area contributed by atoms with E-state index in [0.717, 1.165) is 88.9 Å². The highest BCUT2D eigenvalue weighted by Gasteiger charge is 2.18. The maximum atomic E-state index is 6.19. The summed E-state index contributed by atoms with van der Waals surface area (Å²) in [6, 6.07) is 70.2. The van der Waals surface area contributed by atoms with Gasteiger partial charge < -0.3 is 4.42 Å².